The minimum absolute atomic E-state index is 0.0512. The van der Waals surface area contributed by atoms with Crippen molar-refractivity contribution in [3.05, 3.63) is 29.8 Å². The molecule has 0 aliphatic heterocycles. The smallest absolute Gasteiger partial charge is 0.227 e. The highest BCUT2D eigenvalue weighted by atomic mass is 16.1. The standard InChI is InChI=1S/C16H27N3O/c1-5-19(6-2)11-12(3)18-16(20)13(4)14-8-7-9-15(17)10-14/h7-10,12-13H,5-6,11,17H2,1-4H3,(H,18,20). The van der Waals surface area contributed by atoms with E-state index in [1.807, 2.05) is 38.1 Å². The number of amides is 1. The summed E-state index contributed by atoms with van der Waals surface area (Å²) in [4.78, 5) is 14.6. The molecule has 112 valence electrons. The third-order valence-corrected chi connectivity index (χ3v) is 3.62. The number of nitrogens with two attached hydrogens (primary N) is 1. The number of carbonyl (C=O) groups excluding carboxylic acids is 1. The van der Waals surface area contributed by atoms with E-state index in [-0.39, 0.29) is 17.9 Å². The molecule has 0 aromatic heterocycles. The number of rotatable bonds is 7. The Bertz CT molecular complexity index is 429. The lowest BCUT2D eigenvalue weighted by Gasteiger charge is -2.24. The van der Waals surface area contributed by atoms with Crippen LogP contribution >= 0.6 is 0 Å². The van der Waals surface area contributed by atoms with Crippen molar-refractivity contribution in [2.24, 2.45) is 0 Å². The first-order valence-electron chi connectivity index (χ1n) is 7.36. The molecule has 0 fully saturated rings. The van der Waals surface area contributed by atoms with E-state index in [1.165, 1.54) is 0 Å². The average molecular weight is 277 g/mol. The predicted molar refractivity (Wildman–Crippen MR) is 84.7 cm³/mol. The van der Waals surface area contributed by atoms with Crippen molar-refractivity contribution < 1.29 is 4.79 Å². The zero-order valence-electron chi connectivity index (χ0n) is 13.0. The highest BCUT2D eigenvalue weighted by molar-refractivity contribution is 5.83. The Hall–Kier alpha value is -1.55. The largest absolute Gasteiger partial charge is 0.399 e. The molecule has 0 bridgehead atoms. The molecule has 2 unspecified atom stereocenters. The second-order valence-corrected chi connectivity index (χ2v) is 5.29. The lowest BCUT2D eigenvalue weighted by atomic mass is 9.99. The molecule has 0 aliphatic rings. The summed E-state index contributed by atoms with van der Waals surface area (Å²) >= 11 is 0. The second-order valence-electron chi connectivity index (χ2n) is 5.29. The molecule has 0 spiro atoms. The number of nitrogens with zero attached hydrogens (tertiary/aromatic N) is 1. The highest BCUT2D eigenvalue weighted by Crippen LogP contribution is 2.17. The van der Waals surface area contributed by atoms with E-state index in [9.17, 15) is 4.79 Å². The van der Waals surface area contributed by atoms with Gasteiger partial charge in [0, 0.05) is 18.3 Å². The van der Waals surface area contributed by atoms with Crippen molar-refractivity contribution in [1.29, 1.82) is 0 Å². The van der Waals surface area contributed by atoms with Crippen molar-refractivity contribution in [3.8, 4) is 0 Å². The summed E-state index contributed by atoms with van der Waals surface area (Å²) in [7, 11) is 0. The van der Waals surface area contributed by atoms with Crippen molar-refractivity contribution in [3.63, 3.8) is 0 Å². The van der Waals surface area contributed by atoms with Gasteiger partial charge in [-0.05, 0) is 44.6 Å². The van der Waals surface area contributed by atoms with E-state index >= 15 is 0 Å². The molecule has 3 N–H and O–H groups in total. The van der Waals surface area contributed by atoms with Crippen molar-refractivity contribution >= 4 is 11.6 Å². The molecule has 20 heavy (non-hydrogen) atoms. The monoisotopic (exact) mass is 277 g/mol. The number of hydrogen-bond acceptors (Lipinski definition) is 3. The maximum atomic E-state index is 12.3. The van der Waals surface area contributed by atoms with Gasteiger partial charge < -0.3 is 16.0 Å². The van der Waals surface area contributed by atoms with Gasteiger partial charge in [-0.3, -0.25) is 4.79 Å². The molecular formula is C16H27N3O. The van der Waals surface area contributed by atoms with E-state index < -0.39 is 0 Å². The van der Waals surface area contributed by atoms with Gasteiger partial charge in [-0.1, -0.05) is 26.0 Å². The van der Waals surface area contributed by atoms with Gasteiger partial charge in [0.25, 0.3) is 0 Å². The molecule has 4 nitrogen and oxygen atoms in total. The number of nitrogen functional groups attached to an aromatic ring is 1. The molecule has 1 aromatic carbocycles. The van der Waals surface area contributed by atoms with Gasteiger partial charge in [0.05, 0.1) is 5.92 Å². The van der Waals surface area contributed by atoms with E-state index in [4.69, 9.17) is 5.73 Å². The minimum atomic E-state index is -0.183. The van der Waals surface area contributed by atoms with Crippen LogP contribution in [0, 0.1) is 0 Å². The summed E-state index contributed by atoms with van der Waals surface area (Å²) in [6.45, 7) is 11.1. The molecule has 0 saturated carbocycles. The Balaban J connectivity index is 2.57. The molecule has 1 rings (SSSR count). The Kier molecular flexibility index (Phi) is 6.52. The summed E-state index contributed by atoms with van der Waals surface area (Å²) in [6, 6.07) is 7.66. The van der Waals surface area contributed by atoms with Gasteiger partial charge >= 0.3 is 0 Å². The van der Waals surface area contributed by atoms with Gasteiger partial charge in [0.1, 0.15) is 0 Å². The van der Waals surface area contributed by atoms with Gasteiger partial charge in [0.2, 0.25) is 5.91 Å². The lowest BCUT2D eigenvalue weighted by molar-refractivity contribution is -0.122. The maximum absolute atomic E-state index is 12.3. The second kappa shape index (κ2) is 7.90. The molecule has 0 radical (unpaired) electrons. The van der Waals surface area contributed by atoms with Gasteiger partial charge in [0.15, 0.2) is 0 Å². The average Bonchev–Trinajstić information content (AvgIpc) is 2.43. The van der Waals surface area contributed by atoms with Gasteiger partial charge in [-0.15, -0.1) is 0 Å². The van der Waals surface area contributed by atoms with Crippen LogP contribution in [0.3, 0.4) is 0 Å². The number of nitrogens with one attached hydrogen (secondary N) is 1. The van der Waals surface area contributed by atoms with Crippen LogP contribution in [-0.2, 0) is 4.79 Å². The van der Waals surface area contributed by atoms with Crippen LogP contribution in [0.4, 0.5) is 5.69 Å². The summed E-state index contributed by atoms with van der Waals surface area (Å²) in [6.07, 6.45) is 0. The fourth-order valence-corrected chi connectivity index (χ4v) is 2.26. The normalized spacial score (nSPS) is 14.1. The van der Waals surface area contributed by atoms with Crippen LogP contribution in [0.25, 0.3) is 0 Å². The molecule has 1 aromatic rings. The Labute approximate surface area is 122 Å². The molecule has 0 saturated heterocycles. The van der Waals surface area contributed by atoms with Crippen LogP contribution in [0.1, 0.15) is 39.2 Å². The SMILES string of the molecule is CCN(CC)CC(C)NC(=O)C(C)c1cccc(N)c1. The first-order valence-corrected chi connectivity index (χ1v) is 7.36. The molecule has 0 heterocycles. The van der Waals surface area contributed by atoms with Gasteiger partial charge in [-0.25, -0.2) is 0 Å². The number of carbonyl (C=O) groups is 1. The summed E-state index contributed by atoms with van der Waals surface area (Å²) in [5.74, 6) is -0.132. The minimum Gasteiger partial charge on any atom is -0.399 e. The quantitative estimate of drug-likeness (QED) is 0.751. The van der Waals surface area contributed by atoms with Crippen LogP contribution in [-0.4, -0.2) is 36.5 Å². The molecular weight excluding hydrogens is 250 g/mol. The van der Waals surface area contributed by atoms with Crippen molar-refractivity contribution in [2.75, 3.05) is 25.4 Å². The third kappa shape index (κ3) is 4.85. The van der Waals surface area contributed by atoms with E-state index in [0.717, 1.165) is 25.2 Å². The fourth-order valence-electron chi connectivity index (χ4n) is 2.26. The van der Waals surface area contributed by atoms with Crippen LogP contribution in [0.15, 0.2) is 24.3 Å². The van der Waals surface area contributed by atoms with E-state index in [1.54, 1.807) is 0 Å². The van der Waals surface area contributed by atoms with Crippen molar-refractivity contribution in [1.82, 2.24) is 10.2 Å². The number of benzene rings is 1. The number of likely N-dealkylation sites (N-methyl/N-ethyl adjacent to an activating group) is 1. The molecule has 4 heteroatoms. The number of hydrogen-bond donors (Lipinski definition) is 2. The summed E-state index contributed by atoms with van der Waals surface area (Å²) < 4.78 is 0. The van der Waals surface area contributed by atoms with Crippen molar-refractivity contribution in [2.45, 2.75) is 39.7 Å². The maximum Gasteiger partial charge on any atom is 0.227 e. The molecule has 1 amide bonds. The third-order valence-electron chi connectivity index (χ3n) is 3.62. The first-order chi connectivity index (χ1) is 9.47. The highest BCUT2D eigenvalue weighted by Gasteiger charge is 2.18. The van der Waals surface area contributed by atoms with Gasteiger partial charge in [-0.2, -0.15) is 0 Å². The molecule has 0 aliphatic carbocycles. The number of anilines is 1. The Morgan fingerprint density at radius 1 is 1.30 bits per heavy atom. The Morgan fingerprint density at radius 2 is 1.95 bits per heavy atom. The van der Waals surface area contributed by atoms with Crippen LogP contribution in [0.5, 0.6) is 0 Å². The lowest BCUT2D eigenvalue weighted by Crippen LogP contribution is -2.43. The zero-order chi connectivity index (χ0) is 15.1. The molecule has 2 atom stereocenters. The Morgan fingerprint density at radius 3 is 2.50 bits per heavy atom. The van der Waals surface area contributed by atoms with E-state index in [2.05, 4.69) is 24.1 Å². The zero-order valence-corrected chi connectivity index (χ0v) is 13.0. The summed E-state index contributed by atoms with van der Waals surface area (Å²) in [5.41, 5.74) is 7.41. The summed E-state index contributed by atoms with van der Waals surface area (Å²) in [5, 5.41) is 3.08. The first kappa shape index (κ1) is 16.5. The topological polar surface area (TPSA) is 58.4 Å². The van der Waals surface area contributed by atoms with E-state index in [0.29, 0.717) is 5.69 Å². The van der Waals surface area contributed by atoms with Crippen LogP contribution in [0.2, 0.25) is 0 Å². The predicted octanol–water partition coefficient (Wildman–Crippen LogP) is 2.22. The fraction of sp³-hybridized carbons (Fsp3) is 0.562. The van der Waals surface area contributed by atoms with Crippen LogP contribution < -0.4 is 11.1 Å².